The maximum absolute atomic E-state index is 12.3. The number of aromatic nitrogens is 1. The summed E-state index contributed by atoms with van der Waals surface area (Å²) < 4.78 is 1.86. The van der Waals surface area contributed by atoms with E-state index in [1.165, 1.54) is 23.1 Å². The number of nitrogens with zero attached hydrogens (tertiary/aromatic N) is 1. The molecule has 1 aliphatic rings. The minimum atomic E-state index is -0.548. The molecule has 0 fully saturated rings. The third-order valence-corrected chi connectivity index (χ3v) is 6.18. The van der Waals surface area contributed by atoms with Crippen molar-refractivity contribution in [3.63, 3.8) is 0 Å². The van der Waals surface area contributed by atoms with Crippen LogP contribution in [0.25, 0.3) is 10.2 Å². The van der Waals surface area contributed by atoms with E-state index >= 15 is 0 Å². The quantitative estimate of drug-likeness (QED) is 0.689. The van der Waals surface area contributed by atoms with Crippen LogP contribution in [0.4, 0.5) is 0 Å². The lowest BCUT2D eigenvalue weighted by atomic mass is 10.0. The Labute approximate surface area is 152 Å². The van der Waals surface area contributed by atoms with Gasteiger partial charge in [-0.05, 0) is 37.1 Å². The zero-order chi connectivity index (χ0) is 17.6. The number of rotatable bonds is 4. The number of imide groups is 1. The van der Waals surface area contributed by atoms with Gasteiger partial charge in [0.1, 0.15) is 0 Å². The number of nitrogens with one attached hydrogen (secondary N) is 1. The molecule has 2 N–H and O–H groups in total. The second-order valence-electron chi connectivity index (χ2n) is 5.86. The number of aliphatic hydroxyl groups is 1. The number of aliphatic hydroxyl groups excluding tert-OH is 1. The first kappa shape index (κ1) is 16.3. The van der Waals surface area contributed by atoms with Crippen molar-refractivity contribution in [2.24, 2.45) is 0 Å². The van der Waals surface area contributed by atoms with Crippen molar-refractivity contribution in [3.8, 4) is 0 Å². The molecule has 1 atom stereocenters. The first-order valence-electron chi connectivity index (χ1n) is 7.76. The third-order valence-electron chi connectivity index (χ3n) is 3.92. The molecule has 2 heterocycles. The number of benzene rings is 2. The number of amides is 2. The molecule has 0 spiro atoms. The highest BCUT2D eigenvalue weighted by Gasteiger charge is 2.31. The van der Waals surface area contributed by atoms with Crippen LogP contribution in [0.15, 0.2) is 45.6 Å². The Kier molecular flexibility index (Phi) is 4.07. The molecule has 4 rings (SSSR count). The Bertz CT molecular complexity index is 978. The topological polar surface area (TPSA) is 79.3 Å². The fourth-order valence-corrected chi connectivity index (χ4v) is 5.14. The van der Waals surface area contributed by atoms with Crippen molar-refractivity contribution >= 4 is 45.1 Å². The molecule has 1 aliphatic heterocycles. The number of carbonyl (C=O) groups is 2. The van der Waals surface area contributed by atoms with E-state index in [-0.39, 0.29) is 5.91 Å². The summed E-state index contributed by atoms with van der Waals surface area (Å²) in [6, 6.07) is 11.3. The number of hydrogen-bond donors (Lipinski definition) is 2. The zero-order valence-corrected chi connectivity index (χ0v) is 14.9. The Morgan fingerprint density at radius 3 is 2.76 bits per heavy atom. The van der Waals surface area contributed by atoms with Crippen molar-refractivity contribution < 1.29 is 14.7 Å². The second-order valence-corrected chi connectivity index (χ2v) is 8.15. The van der Waals surface area contributed by atoms with Crippen molar-refractivity contribution in [2.45, 2.75) is 28.7 Å². The lowest BCUT2D eigenvalue weighted by molar-refractivity contribution is 0.0878. The summed E-state index contributed by atoms with van der Waals surface area (Å²) in [7, 11) is 0. The average molecular weight is 370 g/mol. The van der Waals surface area contributed by atoms with E-state index < -0.39 is 12.0 Å². The van der Waals surface area contributed by atoms with Gasteiger partial charge in [0.05, 0.1) is 27.4 Å². The molecular weight excluding hydrogens is 356 g/mol. The molecule has 126 valence electrons. The number of thiazole rings is 1. The molecule has 0 saturated carbocycles. The fraction of sp³-hybridized carbons (Fsp3) is 0.167. The van der Waals surface area contributed by atoms with Gasteiger partial charge in [-0.25, -0.2) is 4.98 Å². The first-order valence-corrected chi connectivity index (χ1v) is 9.39. The predicted molar refractivity (Wildman–Crippen MR) is 97.4 cm³/mol. The summed E-state index contributed by atoms with van der Waals surface area (Å²) in [6.07, 6.45) is -0.143. The molecule has 2 amide bonds. The van der Waals surface area contributed by atoms with E-state index in [9.17, 15) is 14.7 Å². The minimum Gasteiger partial charge on any atom is -0.393 e. The monoisotopic (exact) mass is 370 g/mol. The van der Waals surface area contributed by atoms with E-state index in [4.69, 9.17) is 0 Å². The van der Waals surface area contributed by atoms with E-state index in [0.29, 0.717) is 22.4 Å². The predicted octanol–water partition coefficient (Wildman–Crippen LogP) is 3.25. The molecule has 25 heavy (non-hydrogen) atoms. The van der Waals surface area contributed by atoms with Gasteiger partial charge in [0, 0.05) is 4.90 Å². The number of hydrogen-bond acceptors (Lipinski definition) is 6. The molecule has 1 aromatic heterocycles. The van der Waals surface area contributed by atoms with Crippen molar-refractivity contribution in [1.82, 2.24) is 10.3 Å². The van der Waals surface area contributed by atoms with Crippen molar-refractivity contribution in [3.05, 3.63) is 53.1 Å². The van der Waals surface area contributed by atoms with Crippen LogP contribution >= 0.6 is 23.1 Å². The minimum absolute atomic E-state index is 0.378. The van der Waals surface area contributed by atoms with Gasteiger partial charge in [0.2, 0.25) is 0 Å². The molecule has 2 aromatic carbocycles. The lowest BCUT2D eigenvalue weighted by Crippen LogP contribution is -2.20. The van der Waals surface area contributed by atoms with E-state index in [1.807, 2.05) is 24.3 Å². The van der Waals surface area contributed by atoms with Gasteiger partial charge in [0.15, 0.2) is 4.34 Å². The van der Waals surface area contributed by atoms with Gasteiger partial charge in [-0.15, -0.1) is 11.3 Å². The maximum atomic E-state index is 12.3. The molecular formula is C18H14N2O3S2. The maximum Gasteiger partial charge on any atom is 0.260 e. The fourth-order valence-electron chi connectivity index (χ4n) is 2.85. The van der Waals surface area contributed by atoms with E-state index in [1.54, 1.807) is 19.1 Å². The Morgan fingerprint density at radius 2 is 2.00 bits per heavy atom. The van der Waals surface area contributed by atoms with Gasteiger partial charge in [0.25, 0.3) is 11.8 Å². The molecule has 3 aromatic rings. The van der Waals surface area contributed by atoms with Gasteiger partial charge in [-0.1, -0.05) is 30.0 Å². The summed E-state index contributed by atoms with van der Waals surface area (Å²) >= 11 is 2.92. The molecule has 0 saturated heterocycles. The summed E-state index contributed by atoms with van der Waals surface area (Å²) in [6.45, 7) is 1.70. The second kappa shape index (κ2) is 6.25. The summed E-state index contributed by atoms with van der Waals surface area (Å²) in [5.41, 5.74) is 2.50. The normalized spacial score (nSPS) is 14.6. The van der Waals surface area contributed by atoms with Gasteiger partial charge in [-0.2, -0.15) is 0 Å². The van der Waals surface area contributed by atoms with Crippen LogP contribution in [0.1, 0.15) is 33.2 Å². The molecule has 5 nitrogen and oxygen atoms in total. The lowest BCUT2D eigenvalue weighted by Gasteiger charge is -2.12. The highest BCUT2D eigenvalue weighted by Crippen LogP contribution is 2.40. The molecule has 0 unspecified atom stereocenters. The number of para-hydroxylation sites is 1. The number of fused-ring (bicyclic) bond motifs is 2. The molecule has 0 aliphatic carbocycles. The highest BCUT2D eigenvalue weighted by atomic mass is 32.2. The zero-order valence-electron chi connectivity index (χ0n) is 13.3. The van der Waals surface area contributed by atoms with Gasteiger partial charge < -0.3 is 5.11 Å². The Morgan fingerprint density at radius 1 is 1.20 bits per heavy atom. The molecule has 0 bridgehead atoms. The van der Waals surface area contributed by atoms with Crippen LogP contribution < -0.4 is 5.32 Å². The SMILES string of the molecule is C[C@@H](O)Cc1ccc2c(c1Sc1nc3ccccc3s1)C(=O)NC2=O. The number of carbonyl (C=O) groups excluding carboxylic acids is 2. The summed E-state index contributed by atoms with van der Waals surface area (Å²) in [5, 5.41) is 12.1. The Balaban J connectivity index is 1.83. The highest BCUT2D eigenvalue weighted by molar-refractivity contribution is 8.01. The van der Waals surface area contributed by atoms with Crippen LogP contribution in [0.5, 0.6) is 0 Å². The first-order chi connectivity index (χ1) is 12.0. The summed E-state index contributed by atoms with van der Waals surface area (Å²) in [5.74, 6) is -0.772. The Hall–Kier alpha value is -2.22. The third kappa shape index (κ3) is 2.95. The van der Waals surface area contributed by atoms with Crippen LogP contribution in [0, 0.1) is 0 Å². The molecule has 7 heteroatoms. The van der Waals surface area contributed by atoms with Crippen molar-refractivity contribution in [2.75, 3.05) is 0 Å². The van der Waals surface area contributed by atoms with Crippen LogP contribution in [-0.4, -0.2) is 28.0 Å². The summed E-state index contributed by atoms with van der Waals surface area (Å²) in [4.78, 5) is 29.5. The largest absolute Gasteiger partial charge is 0.393 e. The van der Waals surface area contributed by atoms with Crippen LogP contribution in [-0.2, 0) is 6.42 Å². The van der Waals surface area contributed by atoms with E-state index in [0.717, 1.165) is 20.1 Å². The van der Waals surface area contributed by atoms with Crippen LogP contribution in [0.2, 0.25) is 0 Å². The standard InChI is InChI=1S/C18H14N2O3S2/c1-9(21)8-10-6-7-11-14(17(23)20-16(11)22)15(10)25-18-19-12-4-2-3-5-13(12)24-18/h2-7,9,21H,8H2,1H3,(H,20,22,23)/t9-/m1/s1. The smallest absolute Gasteiger partial charge is 0.260 e. The molecule has 0 radical (unpaired) electrons. The average Bonchev–Trinajstić information content (AvgIpc) is 3.09. The van der Waals surface area contributed by atoms with Crippen LogP contribution in [0.3, 0.4) is 0 Å². The van der Waals surface area contributed by atoms with Gasteiger partial charge in [-0.3, -0.25) is 14.9 Å². The van der Waals surface area contributed by atoms with Crippen molar-refractivity contribution in [1.29, 1.82) is 0 Å². The van der Waals surface area contributed by atoms with Gasteiger partial charge >= 0.3 is 0 Å². The van der Waals surface area contributed by atoms with E-state index in [2.05, 4.69) is 10.3 Å².